The summed E-state index contributed by atoms with van der Waals surface area (Å²) < 4.78 is 1.74. The van der Waals surface area contributed by atoms with Gasteiger partial charge >= 0.3 is 0 Å². The maximum Gasteiger partial charge on any atom is 0.251 e. The fourth-order valence-corrected chi connectivity index (χ4v) is 1.61. The molecule has 1 amide bonds. The molecule has 1 heterocycles. The summed E-state index contributed by atoms with van der Waals surface area (Å²) in [5.74, 6) is 5.77. The Morgan fingerprint density at radius 1 is 1.50 bits per heavy atom. The van der Waals surface area contributed by atoms with Gasteiger partial charge in [0, 0.05) is 18.2 Å². The van der Waals surface area contributed by atoms with E-state index < -0.39 is 0 Å². The fraction of sp³-hybridized carbons (Fsp3) is 0.214. The van der Waals surface area contributed by atoms with Crippen LogP contribution in [-0.4, -0.2) is 32.4 Å². The molecule has 6 nitrogen and oxygen atoms in total. The van der Waals surface area contributed by atoms with Gasteiger partial charge in [0.25, 0.3) is 5.91 Å². The van der Waals surface area contributed by atoms with Gasteiger partial charge < -0.3 is 15.0 Å². The van der Waals surface area contributed by atoms with Gasteiger partial charge in [-0.3, -0.25) is 4.79 Å². The third-order valence-corrected chi connectivity index (χ3v) is 2.65. The highest BCUT2D eigenvalue weighted by atomic mass is 16.2. The summed E-state index contributed by atoms with van der Waals surface area (Å²) in [4.78, 5) is 12.0. The standard InChI is InChI=1S/C14H14N4O2/c1-18-10-16-17-13(18)9-15-14(20)12-6-2-4-11(8-12)5-3-7-19/h2,4,6,8,10,19H,7,9H2,1H3,(H,15,20). The van der Waals surface area contributed by atoms with E-state index in [1.54, 1.807) is 35.2 Å². The first-order valence-electron chi connectivity index (χ1n) is 6.01. The lowest BCUT2D eigenvalue weighted by Gasteiger charge is -2.05. The Balaban J connectivity index is 2.04. The topological polar surface area (TPSA) is 80.0 Å². The lowest BCUT2D eigenvalue weighted by molar-refractivity contribution is 0.0949. The molecule has 0 fully saturated rings. The van der Waals surface area contributed by atoms with Crippen LogP contribution in [-0.2, 0) is 13.6 Å². The van der Waals surface area contributed by atoms with Gasteiger partial charge in [0.2, 0.25) is 0 Å². The summed E-state index contributed by atoms with van der Waals surface area (Å²) in [6, 6.07) is 6.91. The van der Waals surface area contributed by atoms with Crippen molar-refractivity contribution < 1.29 is 9.90 Å². The number of aromatic nitrogens is 3. The number of aryl methyl sites for hydroxylation is 1. The minimum absolute atomic E-state index is 0.206. The lowest BCUT2D eigenvalue weighted by atomic mass is 10.1. The molecule has 0 saturated heterocycles. The smallest absolute Gasteiger partial charge is 0.251 e. The van der Waals surface area contributed by atoms with Gasteiger partial charge in [-0.2, -0.15) is 0 Å². The third-order valence-electron chi connectivity index (χ3n) is 2.65. The van der Waals surface area contributed by atoms with Crippen molar-refractivity contribution in [3.8, 4) is 11.8 Å². The van der Waals surface area contributed by atoms with E-state index >= 15 is 0 Å². The molecule has 0 bridgehead atoms. The van der Waals surface area contributed by atoms with E-state index in [9.17, 15) is 4.79 Å². The van der Waals surface area contributed by atoms with Crippen LogP contribution in [0, 0.1) is 11.8 Å². The van der Waals surface area contributed by atoms with Crippen LogP contribution in [0.3, 0.4) is 0 Å². The highest BCUT2D eigenvalue weighted by Gasteiger charge is 2.07. The number of carbonyl (C=O) groups is 1. The minimum atomic E-state index is -0.208. The highest BCUT2D eigenvalue weighted by molar-refractivity contribution is 5.94. The van der Waals surface area contributed by atoms with E-state index in [-0.39, 0.29) is 12.5 Å². The summed E-state index contributed by atoms with van der Waals surface area (Å²) in [6.45, 7) is 0.102. The quantitative estimate of drug-likeness (QED) is 0.775. The number of rotatable bonds is 3. The van der Waals surface area contributed by atoms with Gasteiger partial charge in [0.05, 0.1) is 6.54 Å². The SMILES string of the molecule is Cn1cnnc1CNC(=O)c1cccc(C#CCO)c1. The summed E-state index contributed by atoms with van der Waals surface area (Å²) in [5, 5.41) is 19.0. The van der Waals surface area contributed by atoms with Crippen molar-refractivity contribution in [2.45, 2.75) is 6.54 Å². The van der Waals surface area contributed by atoms with Crippen molar-refractivity contribution in [1.82, 2.24) is 20.1 Å². The Morgan fingerprint density at radius 2 is 2.35 bits per heavy atom. The molecule has 0 aliphatic carbocycles. The van der Waals surface area contributed by atoms with Crippen molar-refractivity contribution >= 4 is 5.91 Å². The zero-order chi connectivity index (χ0) is 14.4. The van der Waals surface area contributed by atoms with Gasteiger partial charge in [0.15, 0.2) is 5.82 Å². The molecule has 6 heteroatoms. The van der Waals surface area contributed by atoms with Crippen LogP contribution in [0.5, 0.6) is 0 Å². The van der Waals surface area contributed by atoms with Crippen LogP contribution in [0.15, 0.2) is 30.6 Å². The summed E-state index contributed by atoms with van der Waals surface area (Å²) in [6.07, 6.45) is 1.58. The summed E-state index contributed by atoms with van der Waals surface area (Å²) in [5.41, 5.74) is 1.20. The van der Waals surface area contributed by atoms with E-state index in [0.717, 1.165) is 0 Å². The summed E-state index contributed by atoms with van der Waals surface area (Å²) in [7, 11) is 1.81. The Labute approximate surface area is 116 Å². The van der Waals surface area contributed by atoms with Gasteiger partial charge in [-0.1, -0.05) is 17.9 Å². The zero-order valence-electron chi connectivity index (χ0n) is 11.0. The second kappa shape index (κ2) is 6.50. The number of carbonyl (C=O) groups excluding carboxylic acids is 1. The molecule has 102 valence electrons. The van der Waals surface area contributed by atoms with Crippen LogP contribution in [0.1, 0.15) is 21.7 Å². The number of amides is 1. The summed E-state index contributed by atoms with van der Waals surface area (Å²) >= 11 is 0. The first kappa shape index (κ1) is 13.8. The number of aliphatic hydroxyl groups is 1. The molecule has 0 atom stereocenters. The average molecular weight is 270 g/mol. The molecular weight excluding hydrogens is 256 g/mol. The maximum atomic E-state index is 12.0. The zero-order valence-corrected chi connectivity index (χ0v) is 11.0. The fourth-order valence-electron chi connectivity index (χ4n) is 1.61. The highest BCUT2D eigenvalue weighted by Crippen LogP contribution is 2.04. The third kappa shape index (κ3) is 3.43. The predicted octanol–water partition coefficient (Wildman–Crippen LogP) is 0.0889. The van der Waals surface area contributed by atoms with E-state index in [1.807, 2.05) is 7.05 Å². The lowest BCUT2D eigenvalue weighted by Crippen LogP contribution is -2.24. The monoisotopic (exact) mass is 270 g/mol. The van der Waals surface area contributed by atoms with Gasteiger partial charge in [-0.05, 0) is 18.2 Å². The Morgan fingerprint density at radius 3 is 3.05 bits per heavy atom. The molecule has 2 aromatic rings. The van der Waals surface area contributed by atoms with E-state index in [1.165, 1.54) is 0 Å². The van der Waals surface area contributed by atoms with Crippen molar-refractivity contribution in [1.29, 1.82) is 0 Å². The number of hydrogen-bond acceptors (Lipinski definition) is 4. The predicted molar refractivity (Wildman–Crippen MR) is 72.6 cm³/mol. The van der Waals surface area contributed by atoms with Crippen molar-refractivity contribution in [2.24, 2.45) is 7.05 Å². The molecular formula is C14H14N4O2. The minimum Gasteiger partial charge on any atom is -0.384 e. The molecule has 2 N–H and O–H groups in total. The molecule has 1 aromatic carbocycles. The van der Waals surface area contributed by atoms with Crippen molar-refractivity contribution in [3.63, 3.8) is 0 Å². The average Bonchev–Trinajstić information content (AvgIpc) is 2.88. The molecule has 1 aromatic heterocycles. The van der Waals surface area contributed by atoms with E-state index in [4.69, 9.17) is 5.11 Å². The molecule has 2 rings (SSSR count). The van der Waals surface area contributed by atoms with Crippen molar-refractivity contribution in [2.75, 3.05) is 6.61 Å². The van der Waals surface area contributed by atoms with Crippen LogP contribution < -0.4 is 5.32 Å². The number of aliphatic hydroxyl groups excluding tert-OH is 1. The molecule has 0 unspecified atom stereocenters. The second-order valence-corrected chi connectivity index (χ2v) is 4.08. The number of hydrogen-bond donors (Lipinski definition) is 2. The molecule has 0 radical (unpaired) electrons. The first-order chi connectivity index (χ1) is 9.70. The largest absolute Gasteiger partial charge is 0.384 e. The number of benzene rings is 1. The Kier molecular flexibility index (Phi) is 4.47. The number of nitrogens with one attached hydrogen (secondary N) is 1. The Hall–Kier alpha value is -2.65. The van der Waals surface area contributed by atoms with Crippen molar-refractivity contribution in [3.05, 3.63) is 47.5 Å². The van der Waals surface area contributed by atoms with Crippen LogP contribution in [0.4, 0.5) is 0 Å². The normalized spacial score (nSPS) is 9.70. The molecule has 20 heavy (non-hydrogen) atoms. The van der Waals surface area contributed by atoms with Crippen LogP contribution in [0.25, 0.3) is 0 Å². The van der Waals surface area contributed by atoms with E-state index in [2.05, 4.69) is 27.4 Å². The number of nitrogens with zero attached hydrogens (tertiary/aromatic N) is 3. The van der Waals surface area contributed by atoms with Gasteiger partial charge in [-0.25, -0.2) is 0 Å². The van der Waals surface area contributed by atoms with E-state index in [0.29, 0.717) is 23.5 Å². The molecule has 0 aliphatic rings. The van der Waals surface area contributed by atoms with Gasteiger partial charge in [-0.15, -0.1) is 10.2 Å². The van der Waals surface area contributed by atoms with Crippen LogP contribution >= 0.6 is 0 Å². The molecule has 0 aliphatic heterocycles. The molecule has 0 saturated carbocycles. The molecule has 0 spiro atoms. The van der Waals surface area contributed by atoms with Crippen LogP contribution in [0.2, 0.25) is 0 Å². The Bertz CT molecular complexity index is 667. The maximum absolute atomic E-state index is 12.0. The second-order valence-electron chi connectivity index (χ2n) is 4.08. The first-order valence-corrected chi connectivity index (χ1v) is 6.01. The van der Waals surface area contributed by atoms with Gasteiger partial charge in [0.1, 0.15) is 12.9 Å².